The zero-order valence-electron chi connectivity index (χ0n) is 8.48. The molecule has 5 nitrogen and oxygen atoms in total. The first-order valence-electron chi connectivity index (χ1n) is 4.43. The topological polar surface area (TPSA) is 96.3 Å². The van der Waals surface area contributed by atoms with Crippen molar-refractivity contribution in [1.29, 1.82) is 5.26 Å². The lowest BCUT2D eigenvalue weighted by atomic mass is 10.1. The molecule has 0 atom stereocenters. The first-order chi connectivity index (χ1) is 7.93. The predicted octanol–water partition coefficient (Wildman–Crippen LogP) is 1.37. The number of carbonyl (C=O) groups is 1. The molecular weight excluding hydrogens is 234 g/mol. The molecule has 0 radical (unpaired) electrons. The monoisotopic (exact) mass is 242 g/mol. The molecular formula is C10H8F2N2O3. The number of nitrogens with two attached hydrogens (primary N) is 1. The maximum atomic E-state index is 12.1. The molecule has 0 saturated carbocycles. The van der Waals surface area contributed by atoms with Crippen LogP contribution in [0.1, 0.15) is 11.1 Å². The lowest BCUT2D eigenvalue weighted by molar-refractivity contribution is -0.136. The van der Waals surface area contributed by atoms with Crippen LogP contribution in [0.2, 0.25) is 0 Å². The van der Waals surface area contributed by atoms with Gasteiger partial charge in [0.1, 0.15) is 0 Å². The predicted molar refractivity (Wildman–Crippen MR) is 53.5 cm³/mol. The van der Waals surface area contributed by atoms with E-state index < -0.39 is 24.8 Å². The summed E-state index contributed by atoms with van der Waals surface area (Å²) in [6.07, 6.45) is -0.471. The smallest absolute Gasteiger partial charge is 0.387 e. The summed E-state index contributed by atoms with van der Waals surface area (Å²) in [4.78, 5) is 10.5. The summed E-state index contributed by atoms with van der Waals surface area (Å²) >= 11 is 0. The number of rotatable bonds is 4. The van der Waals surface area contributed by atoms with Crippen LogP contribution in [0.4, 0.5) is 14.5 Å². The summed E-state index contributed by atoms with van der Waals surface area (Å²) in [7, 11) is 0. The van der Waals surface area contributed by atoms with Crippen molar-refractivity contribution in [2.24, 2.45) is 0 Å². The number of hydrogen-bond acceptors (Lipinski definition) is 4. The maximum Gasteiger partial charge on any atom is 0.387 e. The SMILES string of the molecule is N#Cc1cc(CC(=O)O)c(N)c(OC(F)F)c1. The second-order valence-corrected chi connectivity index (χ2v) is 3.11. The Morgan fingerprint density at radius 1 is 1.59 bits per heavy atom. The molecule has 0 aromatic heterocycles. The fourth-order valence-corrected chi connectivity index (χ4v) is 1.25. The van der Waals surface area contributed by atoms with Crippen LogP contribution in [0.25, 0.3) is 0 Å². The van der Waals surface area contributed by atoms with Gasteiger partial charge in [0, 0.05) is 6.07 Å². The van der Waals surface area contributed by atoms with E-state index in [9.17, 15) is 13.6 Å². The molecule has 0 aliphatic carbocycles. The molecule has 1 rings (SSSR count). The summed E-state index contributed by atoms with van der Waals surface area (Å²) < 4.78 is 28.2. The van der Waals surface area contributed by atoms with E-state index in [-0.39, 0.29) is 16.8 Å². The number of benzene rings is 1. The van der Waals surface area contributed by atoms with Crippen molar-refractivity contribution in [3.8, 4) is 11.8 Å². The van der Waals surface area contributed by atoms with Crippen molar-refractivity contribution < 1.29 is 23.4 Å². The minimum Gasteiger partial charge on any atom is -0.481 e. The summed E-state index contributed by atoms with van der Waals surface area (Å²) in [6.45, 7) is -3.09. The molecule has 0 saturated heterocycles. The molecule has 0 fully saturated rings. The molecule has 0 aliphatic rings. The second-order valence-electron chi connectivity index (χ2n) is 3.11. The summed E-state index contributed by atoms with van der Waals surface area (Å²) in [5.74, 6) is -1.58. The van der Waals surface area contributed by atoms with E-state index in [1.807, 2.05) is 0 Å². The van der Waals surface area contributed by atoms with Crippen LogP contribution in [0.3, 0.4) is 0 Å². The average molecular weight is 242 g/mol. The van der Waals surface area contributed by atoms with Gasteiger partial charge in [0.2, 0.25) is 0 Å². The average Bonchev–Trinajstić information content (AvgIpc) is 2.22. The number of alkyl halides is 2. The van der Waals surface area contributed by atoms with E-state index in [4.69, 9.17) is 16.1 Å². The standard InChI is InChI=1S/C10H8F2N2O3/c11-10(12)17-7-2-5(4-13)1-6(9(7)14)3-8(15)16/h1-2,10H,3,14H2,(H,15,16). The lowest BCUT2D eigenvalue weighted by Crippen LogP contribution is -2.09. The van der Waals surface area contributed by atoms with Crippen LogP contribution in [0.5, 0.6) is 5.75 Å². The van der Waals surface area contributed by atoms with Crippen molar-refractivity contribution >= 4 is 11.7 Å². The van der Waals surface area contributed by atoms with Crippen LogP contribution in [-0.2, 0) is 11.2 Å². The number of carboxylic acid groups (broad SMARTS) is 1. The minimum absolute atomic E-state index is 0.00565. The highest BCUT2D eigenvalue weighted by Gasteiger charge is 2.15. The van der Waals surface area contributed by atoms with Crippen molar-refractivity contribution in [2.75, 3.05) is 5.73 Å². The van der Waals surface area contributed by atoms with Crippen molar-refractivity contribution in [3.05, 3.63) is 23.3 Å². The third-order valence-electron chi connectivity index (χ3n) is 1.91. The summed E-state index contributed by atoms with van der Waals surface area (Å²) in [5, 5.41) is 17.3. The van der Waals surface area contributed by atoms with E-state index in [2.05, 4.69) is 4.74 Å². The minimum atomic E-state index is -3.09. The van der Waals surface area contributed by atoms with Crippen molar-refractivity contribution in [2.45, 2.75) is 13.0 Å². The molecule has 0 amide bonds. The van der Waals surface area contributed by atoms with E-state index in [0.717, 1.165) is 6.07 Å². The normalized spacial score (nSPS) is 10.0. The number of nitrogens with zero attached hydrogens (tertiary/aromatic N) is 1. The van der Waals surface area contributed by atoms with Crippen LogP contribution >= 0.6 is 0 Å². The van der Waals surface area contributed by atoms with Crippen molar-refractivity contribution in [1.82, 2.24) is 0 Å². The molecule has 1 aromatic rings. The molecule has 17 heavy (non-hydrogen) atoms. The Morgan fingerprint density at radius 2 is 2.24 bits per heavy atom. The molecule has 0 spiro atoms. The Morgan fingerprint density at radius 3 is 2.71 bits per heavy atom. The number of anilines is 1. The molecule has 0 bridgehead atoms. The number of carboxylic acids is 1. The first kappa shape index (κ1) is 12.7. The van der Waals surface area contributed by atoms with Crippen LogP contribution < -0.4 is 10.5 Å². The van der Waals surface area contributed by atoms with Gasteiger partial charge in [-0.2, -0.15) is 14.0 Å². The second kappa shape index (κ2) is 5.12. The Labute approximate surface area is 95.0 Å². The summed E-state index contributed by atoms with van der Waals surface area (Å²) in [6, 6.07) is 3.97. The third kappa shape index (κ3) is 3.31. The van der Waals surface area contributed by atoms with Gasteiger partial charge in [-0.25, -0.2) is 0 Å². The van der Waals surface area contributed by atoms with E-state index in [1.165, 1.54) is 6.07 Å². The van der Waals surface area contributed by atoms with E-state index in [0.29, 0.717) is 0 Å². The quantitative estimate of drug-likeness (QED) is 0.777. The van der Waals surface area contributed by atoms with Crippen LogP contribution in [0, 0.1) is 11.3 Å². The first-order valence-corrected chi connectivity index (χ1v) is 4.43. The number of nitrogen functional groups attached to an aromatic ring is 1. The third-order valence-corrected chi connectivity index (χ3v) is 1.91. The number of nitriles is 1. The molecule has 0 aliphatic heterocycles. The zero-order chi connectivity index (χ0) is 13.0. The Balaban J connectivity index is 3.21. The molecule has 0 heterocycles. The lowest BCUT2D eigenvalue weighted by Gasteiger charge is -2.11. The highest BCUT2D eigenvalue weighted by Crippen LogP contribution is 2.29. The van der Waals surface area contributed by atoms with Gasteiger partial charge >= 0.3 is 12.6 Å². The van der Waals surface area contributed by atoms with Crippen LogP contribution in [-0.4, -0.2) is 17.7 Å². The highest BCUT2D eigenvalue weighted by molar-refractivity contribution is 5.75. The molecule has 1 aromatic carbocycles. The van der Waals surface area contributed by atoms with Gasteiger partial charge in [0.05, 0.1) is 23.7 Å². The van der Waals surface area contributed by atoms with Gasteiger partial charge in [-0.3, -0.25) is 4.79 Å². The maximum absolute atomic E-state index is 12.1. The number of hydrogen-bond donors (Lipinski definition) is 2. The van der Waals surface area contributed by atoms with Gasteiger partial charge < -0.3 is 15.6 Å². The largest absolute Gasteiger partial charge is 0.481 e. The molecule has 0 unspecified atom stereocenters. The number of halogens is 2. The van der Waals surface area contributed by atoms with Gasteiger partial charge in [-0.1, -0.05) is 0 Å². The van der Waals surface area contributed by atoms with Gasteiger partial charge in [-0.15, -0.1) is 0 Å². The number of aliphatic carboxylic acids is 1. The Bertz CT molecular complexity index is 483. The van der Waals surface area contributed by atoms with Gasteiger partial charge in [-0.05, 0) is 11.6 Å². The van der Waals surface area contributed by atoms with Crippen LogP contribution in [0.15, 0.2) is 12.1 Å². The van der Waals surface area contributed by atoms with E-state index in [1.54, 1.807) is 6.07 Å². The molecule has 90 valence electrons. The molecule has 7 heteroatoms. The number of ether oxygens (including phenoxy) is 1. The van der Waals surface area contributed by atoms with Gasteiger partial charge in [0.15, 0.2) is 5.75 Å². The Kier molecular flexibility index (Phi) is 3.82. The summed E-state index contributed by atoms with van der Waals surface area (Å²) in [5.41, 5.74) is 5.34. The highest BCUT2D eigenvalue weighted by atomic mass is 19.3. The molecule has 3 N–H and O–H groups in total. The van der Waals surface area contributed by atoms with Gasteiger partial charge in [0.25, 0.3) is 0 Å². The fourth-order valence-electron chi connectivity index (χ4n) is 1.25. The fraction of sp³-hybridized carbons (Fsp3) is 0.200. The van der Waals surface area contributed by atoms with Crippen molar-refractivity contribution in [3.63, 3.8) is 0 Å². The van der Waals surface area contributed by atoms with E-state index >= 15 is 0 Å². The Hall–Kier alpha value is -2.36. The zero-order valence-corrected chi connectivity index (χ0v) is 8.48.